The van der Waals surface area contributed by atoms with Gasteiger partial charge in [-0.05, 0) is 12.1 Å². The van der Waals surface area contributed by atoms with E-state index in [1.807, 2.05) is 5.38 Å². The number of nitrogens with zero attached hydrogens (tertiary/aromatic N) is 3. The van der Waals surface area contributed by atoms with Gasteiger partial charge in [0.05, 0.1) is 5.01 Å². The largest absolute Gasteiger partial charge is 0.368 e. The summed E-state index contributed by atoms with van der Waals surface area (Å²) in [5.74, 6) is 0.413. The Labute approximate surface area is 108 Å². The molecule has 1 amide bonds. The monoisotopic (exact) mass is 263 g/mol. The number of aromatic nitrogens is 3. The molecule has 6 nitrogen and oxygen atoms in total. The Morgan fingerprint density at radius 1 is 1.39 bits per heavy atom. The zero-order chi connectivity index (χ0) is 12.8. The molecule has 0 bridgehead atoms. The predicted octanol–water partition coefficient (Wildman–Crippen LogP) is 0.947. The smallest absolute Gasteiger partial charge is 0.271 e. The molecule has 0 atom stereocenters. The van der Waals surface area contributed by atoms with Gasteiger partial charge in [-0.3, -0.25) is 4.79 Å². The Morgan fingerprint density at radius 2 is 2.28 bits per heavy atom. The molecule has 0 aliphatic rings. The van der Waals surface area contributed by atoms with Crippen LogP contribution in [0.25, 0.3) is 0 Å². The quantitative estimate of drug-likeness (QED) is 0.839. The lowest BCUT2D eigenvalue weighted by Crippen LogP contribution is -2.19. The molecule has 2 heterocycles. The third kappa shape index (κ3) is 3.24. The first-order valence-corrected chi connectivity index (χ1v) is 6.35. The summed E-state index contributed by atoms with van der Waals surface area (Å²) in [6, 6.07) is 3.37. The molecule has 0 saturated heterocycles. The number of hydrogen-bond donors (Lipinski definition) is 2. The second-order valence-corrected chi connectivity index (χ2v) is 4.46. The van der Waals surface area contributed by atoms with Gasteiger partial charge in [0, 0.05) is 31.6 Å². The van der Waals surface area contributed by atoms with E-state index in [9.17, 15) is 4.79 Å². The maximum atomic E-state index is 11.3. The number of rotatable bonds is 5. The van der Waals surface area contributed by atoms with Crippen molar-refractivity contribution in [2.45, 2.75) is 6.42 Å². The summed E-state index contributed by atoms with van der Waals surface area (Å²) >= 11 is 1.63. The van der Waals surface area contributed by atoms with Crippen LogP contribution in [-0.4, -0.2) is 34.7 Å². The van der Waals surface area contributed by atoms with Gasteiger partial charge < -0.3 is 10.6 Å². The van der Waals surface area contributed by atoms with Gasteiger partial charge in [-0.25, -0.2) is 4.98 Å². The first-order valence-electron chi connectivity index (χ1n) is 5.47. The van der Waals surface area contributed by atoms with Crippen LogP contribution in [0.15, 0.2) is 23.7 Å². The van der Waals surface area contributed by atoms with Crippen molar-refractivity contribution in [2.75, 3.05) is 18.9 Å². The molecule has 2 aromatic heterocycles. The summed E-state index contributed by atoms with van der Waals surface area (Å²) in [6.45, 7) is 0.738. The van der Waals surface area contributed by atoms with Crippen molar-refractivity contribution in [3.05, 3.63) is 34.4 Å². The average Bonchev–Trinajstić information content (AvgIpc) is 2.92. The van der Waals surface area contributed by atoms with Crippen molar-refractivity contribution in [3.8, 4) is 0 Å². The van der Waals surface area contributed by atoms with E-state index < -0.39 is 0 Å². The molecule has 0 aliphatic carbocycles. The molecular weight excluding hydrogens is 250 g/mol. The minimum atomic E-state index is -0.239. The van der Waals surface area contributed by atoms with Crippen molar-refractivity contribution in [3.63, 3.8) is 0 Å². The van der Waals surface area contributed by atoms with E-state index in [4.69, 9.17) is 0 Å². The number of anilines is 1. The lowest BCUT2D eigenvalue weighted by atomic mass is 10.3. The topological polar surface area (TPSA) is 79.8 Å². The van der Waals surface area contributed by atoms with Crippen molar-refractivity contribution < 1.29 is 4.79 Å². The fraction of sp³-hybridized carbons (Fsp3) is 0.273. The van der Waals surface area contributed by atoms with Crippen LogP contribution in [0.2, 0.25) is 0 Å². The predicted molar refractivity (Wildman–Crippen MR) is 69.7 cm³/mol. The van der Waals surface area contributed by atoms with Gasteiger partial charge in [0.2, 0.25) is 0 Å². The summed E-state index contributed by atoms with van der Waals surface area (Å²) < 4.78 is 0. The van der Waals surface area contributed by atoms with Gasteiger partial charge >= 0.3 is 0 Å². The lowest BCUT2D eigenvalue weighted by molar-refractivity contribution is 0.0957. The van der Waals surface area contributed by atoms with Gasteiger partial charge in [0.1, 0.15) is 5.82 Å². The highest BCUT2D eigenvalue weighted by Crippen LogP contribution is 2.06. The van der Waals surface area contributed by atoms with E-state index in [0.29, 0.717) is 11.5 Å². The molecule has 0 saturated carbocycles. The molecule has 0 radical (unpaired) electrons. The van der Waals surface area contributed by atoms with Gasteiger partial charge in [-0.2, -0.15) is 0 Å². The van der Waals surface area contributed by atoms with E-state index >= 15 is 0 Å². The third-order valence-electron chi connectivity index (χ3n) is 2.25. The van der Waals surface area contributed by atoms with Gasteiger partial charge in [-0.15, -0.1) is 21.5 Å². The number of carbonyl (C=O) groups excluding carboxylic acids is 1. The fourth-order valence-electron chi connectivity index (χ4n) is 1.35. The Bertz CT molecular complexity index is 497. The van der Waals surface area contributed by atoms with Gasteiger partial charge in [0.15, 0.2) is 5.69 Å². The molecule has 18 heavy (non-hydrogen) atoms. The van der Waals surface area contributed by atoms with Crippen LogP contribution in [0.3, 0.4) is 0 Å². The SMILES string of the molecule is CNC(=O)c1ccc(NCCc2nccs2)nn1. The molecule has 0 aromatic carbocycles. The van der Waals surface area contributed by atoms with Gasteiger partial charge in [0.25, 0.3) is 5.91 Å². The number of amides is 1. The summed E-state index contributed by atoms with van der Waals surface area (Å²) in [6.07, 6.45) is 2.63. The number of hydrogen-bond acceptors (Lipinski definition) is 6. The maximum Gasteiger partial charge on any atom is 0.271 e. The molecule has 0 aliphatic heterocycles. The number of carbonyl (C=O) groups is 1. The van der Waals surface area contributed by atoms with Crippen molar-refractivity contribution >= 4 is 23.1 Å². The van der Waals surface area contributed by atoms with E-state index in [1.165, 1.54) is 0 Å². The van der Waals surface area contributed by atoms with Crippen molar-refractivity contribution in [1.29, 1.82) is 0 Å². The fourth-order valence-corrected chi connectivity index (χ4v) is 1.97. The molecule has 0 fully saturated rings. The van der Waals surface area contributed by atoms with Crippen LogP contribution >= 0.6 is 11.3 Å². The Balaban J connectivity index is 1.85. The number of thiazole rings is 1. The van der Waals surface area contributed by atoms with E-state index in [2.05, 4.69) is 25.8 Å². The summed E-state index contributed by atoms with van der Waals surface area (Å²) in [5.41, 5.74) is 0.308. The molecular formula is C11H13N5OS. The molecule has 7 heteroatoms. The highest BCUT2D eigenvalue weighted by atomic mass is 32.1. The van der Waals surface area contributed by atoms with Crippen LogP contribution < -0.4 is 10.6 Å². The Hall–Kier alpha value is -2.02. The second-order valence-electron chi connectivity index (χ2n) is 3.49. The molecule has 94 valence electrons. The Kier molecular flexibility index (Phi) is 4.19. The standard InChI is InChI=1S/C11H13N5OS/c1-12-11(17)8-2-3-9(16-15-8)13-5-4-10-14-6-7-18-10/h2-3,6-7H,4-5H2,1H3,(H,12,17)(H,13,16). The average molecular weight is 263 g/mol. The van der Waals surface area contributed by atoms with E-state index in [-0.39, 0.29) is 5.91 Å². The molecule has 2 aromatic rings. The first-order chi connectivity index (χ1) is 8.79. The van der Waals surface area contributed by atoms with Gasteiger partial charge in [-0.1, -0.05) is 0 Å². The first kappa shape index (κ1) is 12.4. The minimum absolute atomic E-state index is 0.239. The molecule has 2 N–H and O–H groups in total. The second kappa shape index (κ2) is 6.06. The maximum absolute atomic E-state index is 11.3. The van der Waals surface area contributed by atoms with Crippen LogP contribution in [0.5, 0.6) is 0 Å². The normalized spacial score (nSPS) is 10.1. The molecule has 0 unspecified atom stereocenters. The zero-order valence-corrected chi connectivity index (χ0v) is 10.7. The van der Waals surface area contributed by atoms with Crippen LogP contribution in [-0.2, 0) is 6.42 Å². The highest BCUT2D eigenvalue weighted by molar-refractivity contribution is 7.09. The molecule has 0 spiro atoms. The third-order valence-corrected chi connectivity index (χ3v) is 3.09. The minimum Gasteiger partial charge on any atom is -0.368 e. The van der Waals surface area contributed by atoms with Crippen LogP contribution in [0.1, 0.15) is 15.5 Å². The highest BCUT2D eigenvalue weighted by Gasteiger charge is 2.05. The van der Waals surface area contributed by atoms with Crippen molar-refractivity contribution in [1.82, 2.24) is 20.5 Å². The van der Waals surface area contributed by atoms with Crippen molar-refractivity contribution in [2.24, 2.45) is 0 Å². The zero-order valence-electron chi connectivity index (χ0n) is 9.88. The Morgan fingerprint density at radius 3 is 2.89 bits per heavy atom. The molecule has 2 rings (SSSR count). The van der Waals surface area contributed by atoms with Crippen LogP contribution in [0, 0.1) is 0 Å². The van der Waals surface area contributed by atoms with Crippen LogP contribution in [0.4, 0.5) is 5.82 Å². The summed E-state index contributed by atoms with van der Waals surface area (Å²) in [5, 5.41) is 16.4. The van der Waals surface area contributed by atoms with E-state index in [0.717, 1.165) is 18.0 Å². The lowest BCUT2D eigenvalue weighted by Gasteiger charge is -2.03. The van der Waals surface area contributed by atoms with E-state index in [1.54, 1.807) is 36.7 Å². The number of nitrogens with one attached hydrogen (secondary N) is 2. The summed E-state index contributed by atoms with van der Waals surface area (Å²) in [7, 11) is 1.56. The summed E-state index contributed by atoms with van der Waals surface area (Å²) in [4.78, 5) is 15.4.